The quantitative estimate of drug-likeness (QED) is 0.440. The second-order valence-corrected chi connectivity index (χ2v) is 12.9. The summed E-state index contributed by atoms with van der Waals surface area (Å²) in [5.41, 5.74) is 0. The van der Waals surface area contributed by atoms with Crippen molar-refractivity contribution < 1.29 is 22.8 Å². The Morgan fingerprint density at radius 2 is 1.12 bits per heavy atom. The van der Waals surface area contributed by atoms with E-state index >= 15 is 0 Å². The van der Waals surface area contributed by atoms with Crippen LogP contribution in [-0.4, -0.2) is 35.2 Å². The average molecular weight is 473 g/mol. The SMILES string of the molecule is CCCN(C(=O)C(F)(F)F)P(CC(C)=O)(c1ccccc1)(c1ccccc1)c1ccccc1. The molecule has 0 N–H and O–H groups in total. The molecule has 0 bridgehead atoms. The molecule has 3 rings (SSSR count). The zero-order chi connectivity index (χ0) is 24.1. The van der Waals surface area contributed by atoms with E-state index in [-0.39, 0.29) is 18.5 Å². The fourth-order valence-corrected chi connectivity index (χ4v) is 11.7. The predicted octanol–water partition coefficient (Wildman–Crippen LogP) is 4.82. The molecule has 3 aromatic rings. The van der Waals surface area contributed by atoms with E-state index in [1.165, 1.54) is 6.92 Å². The molecule has 33 heavy (non-hydrogen) atoms. The first-order valence-corrected chi connectivity index (χ1v) is 13.1. The molecule has 0 spiro atoms. The number of alkyl halides is 3. The van der Waals surface area contributed by atoms with E-state index in [1.54, 1.807) is 97.9 Å². The number of amides is 1. The summed E-state index contributed by atoms with van der Waals surface area (Å²) in [6.07, 6.45) is -5.04. The maximum absolute atomic E-state index is 14.2. The van der Waals surface area contributed by atoms with Crippen molar-refractivity contribution in [3.63, 3.8) is 0 Å². The number of Topliss-reactive ketones (excluding diaryl/α,β-unsaturated/α-hetero) is 1. The van der Waals surface area contributed by atoms with Crippen molar-refractivity contribution in [2.45, 2.75) is 26.4 Å². The van der Waals surface area contributed by atoms with Gasteiger partial charge in [0, 0.05) is 0 Å². The van der Waals surface area contributed by atoms with E-state index in [0.717, 1.165) is 4.67 Å². The van der Waals surface area contributed by atoms with E-state index in [4.69, 9.17) is 0 Å². The number of carbonyl (C=O) groups excluding carboxylic acids is 2. The van der Waals surface area contributed by atoms with Gasteiger partial charge in [-0.3, -0.25) is 0 Å². The molecule has 174 valence electrons. The van der Waals surface area contributed by atoms with E-state index in [0.29, 0.717) is 22.3 Å². The molecule has 0 saturated heterocycles. The zero-order valence-corrected chi connectivity index (χ0v) is 19.5. The van der Waals surface area contributed by atoms with Crippen molar-refractivity contribution >= 4 is 34.4 Å². The fraction of sp³-hybridized carbons (Fsp3) is 0.231. The topological polar surface area (TPSA) is 37.4 Å². The number of nitrogens with zero attached hydrogens (tertiary/aromatic N) is 1. The van der Waals surface area contributed by atoms with Gasteiger partial charge < -0.3 is 0 Å². The van der Waals surface area contributed by atoms with Gasteiger partial charge in [0.05, 0.1) is 0 Å². The summed E-state index contributed by atoms with van der Waals surface area (Å²) in [6, 6.07) is 26.2. The fourth-order valence-electron chi connectivity index (χ4n) is 4.79. The molecule has 3 nitrogen and oxygen atoms in total. The Hall–Kier alpha value is -2.98. The van der Waals surface area contributed by atoms with Crippen molar-refractivity contribution in [2.24, 2.45) is 0 Å². The molecule has 7 heteroatoms. The Morgan fingerprint density at radius 3 is 1.39 bits per heavy atom. The average Bonchev–Trinajstić information content (AvgIpc) is 2.82. The van der Waals surface area contributed by atoms with Crippen molar-refractivity contribution in [3.8, 4) is 0 Å². The molecule has 0 radical (unpaired) electrons. The molecule has 0 aliphatic carbocycles. The third-order valence-corrected chi connectivity index (χ3v) is 12.7. The molecule has 0 aliphatic heterocycles. The number of rotatable bonds is 8. The summed E-state index contributed by atoms with van der Waals surface area (Å²) < 4.78 is 43.4. The van der Waals surface area contributed by atoms with Gasteiger partial charge in [0.25, 0.3) is 0 Å². The second kappa shape index (κ2) is 9.48. The maximum atomic E-state index is 14.2. The van der Waals surface area contributed by atoms with Crippen LogP contribution < -0.4 is 15.9 Å². The number of hydrogen-bond donors (Lipinski definition) is 0. The normalized spacial score (nSPS) is 13.1. The molecule has 1 amide bonds. The monoisotopic (exact) mass is 473 g/mol. The van der Waals surface area contributed by atoms with Gasteiger partial charge in [-0.05, 0) is 0 Å². The van der Waals surface area contributed by atoms with Crippen molar-refractivity contribution in [2.75, 3.05) is 12.7 Å². The molecule has 0 unspecified atom stereocenters. The van der Waals surface area contributed by atoms with Gasteiger partial charge in [-0.2, -0.15) is 0 Å². The molecule has 3 aromatic carbocycles. The van der Waals surface area contributed by atoms with Crippen molar-refractivity contribution in [1.29, 1.82) is 0 Å². The Morgan fingerprint density at radius 1 is 0.758 bits per heavy atom. The predicted molar refractivity (Wildman–Crippen MR) is 129 cm³/mol. The summed E-state index contributed by atoms with van der Waals surface area (Å²) in [7, 11) is 0. The van der Waals surface area contributed by atoms with E-state index in [2.05, 4.69) is 0 Å². The Labute approximate surface area is 192 Å². The van der Waals surface area contributed by atoms with Gasteiger partial charge in [0.15, 0.2) is 0 Å². The van der Waals surface area contributed by atoms with Gasteiger partial charge in [-0.1, -0.05) is 0 Å². The van der Waals surface area contributed by atoms with Crippen LogP contribution in [0.4, 0.5) is 13.2 Å². The van der Waals surface area contributed by atoms with Gasteiger partial charge in [-0.25, -0.2) is 0 Å². The molecule has 0 heterocycles. The Balaban J connectivity index is 2.67. The third-order valence-electron chi connectivity index (χ3n) is 5.91. The van der Waals surface area contributed by atoms with Crippen LogP contribution in [-0.2, 0) is 9.59 Å². The Bertz CT molecular complexity index is 1000. The van der Waals surface area contributed by atoms with Gasteiger partial charge in [-0.15, -0.1) is 0 Å². The second-order valence-electron chi connectivity index (χ2n) is 8.04. The standard InChI is InChI=1S/C26H27F3NO2P/c1-3-19-30(25(32)26(27,28)29)33(20-21(2)31,22-13-7-4-8-14-22,23-15-9-5-10-16-23)24-17-11-6-12-18-24/h4-18H,3,19-20H2,1-2H3. The number of hydrogen-bond acceptors (Lipinski definition) is 2. The van der Waals surface area contributed by atoms with Crippen LogP contribution in [0.15, 0.2) is 91.0 Å². The van der Waals surface area contributed by atoms with Crippen LogP contribution in [0.5, 0.6) is 0 Å². The first-order valence-electron chi connectivity index (χ1n) is 10.7. The Kier molecular flexibility index (Phi) is 7.08. The van der Waals surface area contributed by atoms with Crippen LogP contribution in [0.3, 0.4) is 0 Å². The zero-order valence-electron chi connectivity index (χ0n) is 18.6. The minimum atomic E-state index is -5.10. The van der Waals surface area contributed by atoms with Crippen molar-refractivity contribution in [3.05, 3.63) is 91.0 Å². The summed E-state index contributed by atoms with van der Waals surface area (Å²) in [6.45, 7) is -1.52. The van der Waals surface area contributed by atoms with Crippen molar-refractivity contribution in [1.82, 2.24) is 4.67 Å². The molecule has 0 atom stereocenters. The van der Waals surface area contributed by atoms with Crippen LogP contribution in [0.2, 0.25) is 0 Å². The molecule has 0 fully saturated rings. The molecular formula is C26H27F3NO2P. The van der Waals surface area contributed by atoms with E-state index in [1.807, 2.05) is 0 Å². The van der Waals surface area contributed by atoms with Crippen LogP contribution in [0, 0.1) is 0 Å². The first-order chi connectivity index (χ1) is 15.7. The minimum absolute atomic E-state index is 0.151. The number of benzene rings is 3. The van der Waals surface area contributed by atoms with Gasteiger partial charge in [0.1, 0.15) is 0 Å². The number of carbonyl (C=O) groups is 2. The first kappa shape index (κ1) is 24.7. The van der Waals surface area contributed by atoms with Crippen LogP contribution in [0.25, 0.3) is 0 Å². The van der Waals surface area contributed by atoms with Crippen LogP contribution >= 0.6 is 6.75 Å². The van der Waals surface area contributed by atoms with E-state index < -0.39 is 18.8 Å². The molecule has 0 saturated carbocycles. The molecule has 0 aliphatic rings. The summed E-state index contributed by atoms with van der Waals surface area (Å²) in [4.78, 5) is 26.2. The summed E-state index contributed by atoms with van der Waals surface area (Å²) >= 11 is 0. The third kappa shape index (κ3) is 4.08. The van der Waals surface area contributed by atoms with Gasteiger partial charge in [0.2, 0.25) is 0 Å². The number of halogens is 3. The van der Waals surface area contributed by atoms with Gasteiger partial charge >= 0.3 is 192 Å². The summed E-state index contributed by atoms with van der Waals surface area (Å²) in [5.74, 6) is -2.22. The summed E-state index contributed by atoms with van der Waals surface area (Å²) in [5, 5.41) is 1.63. The molecule has 0 aromatic heterocycles. The van der Waals surface area contributed by atoms with Crippen LogP contribution in [0.1, 0.15) is 20.3 Å². The van der Waals surface area contributed by atoms with E-state index in [9.17, 15) is 22.8 Å². The number of ketones is 1. The molecular weight excluding hydrogens is 446 g/mol.